The van der Waals surface area contributed by atoms with Crippen molar-refractivity contribution < 1.29 is 18.3 Å². The number of hydrogen-bond donors (Lipinski definition) is 1. The van der Waals surface area contributed by atoms with E-state index in [1.54, 1.807) is 24.3 Å². The zero-order valence-electron chi connectivity index (χ0n) is 8.49. The molecule has 2 aromatic rings. The molecular weight excluding hydrogens is 219 g/mol. The first-order valence-electron chi connectivity index (χ1n) is 4.70. The maximum atomic E-state index is 12.4. The summed E-state index contributed by atoms with van der Waals surface area (Å²) in [4.78, 5) is 0. The quantitative estimate of drug-likeness (QED) is 0.799. The van der Waals surface area contributed by atoms with Gasteiger partial charge in [0.25, 0.3) is 0 Å². The number of fused-ring (bicyclic) bond motifs is 1. The van der Waals surface area contributed by atoms with E-state index in [1.165, 1.54) is 17.7 Å². The minimum atomic E-state index is -4.64. The van der Waals surface area contributed by atoms with Crippen LogP contribution in [0.5, 0.6) is 0 Å². The Balaban J connectivity index is 2.58. The molecule has 0 bridgehead atoms. The molecule has 0 radical (unpaired) electrons. The van der Waals surface area contributed by atoms with Crippen molar-refractivity contribution in [3.63, 3.8) is 0 Å². The predicted molar refractivity (Wildman–Crippen MR) is 53.9 cm³/mol. The smallest absolute Gasteiger partial charge is 0.378 e. The number of para-hydroxylation sites is 1. The molecule has 0 aliphatic rings. The molecule has 2 nitrogen and oxygen atoms in total. The van der Waals surface area contributed by atoms with Gasteiger partial charge in [-0.15, -0.1) is 0 Å². The van der Waals surface area contributed by atoms with Crippen molar-refractivity contribution in [1.82, 2.24) is 4.57 Å². The number of nitrogens with zero attached hydrogens (tertiary/aromatic N) is 1. The highest BCUT2D eigenvalue weighted by Gasteiger charge is 2.41. The van der Waals surface area contributed by atoms with Crippen LogP contribution in [0.15, 0.2) is 30.3 Å². The summed E-state index contributed by atoms with van der Waals surface area (Å²) in [5, 5.41) is 9.88. The average molecular weight is 229 g/mol. The minimum Gasteiger partial charge on any atom is -0.378 e. The van der Waals surface area contributed by atoms with Crippen molar-refractivity contribution in [2.75, 3.05) is 0 Å². The fraction of sp³-hybridized carbons (Fsp3) is 0.273. The molecule has 0 amide bonds. The van der Waals surface area contributed by atoms with Gasteiger partial charge in [0.2, 0.25) is 0 Å². The first kappa shape index (κ1) is 11.0. The summed E-state index contributed by atoms with van der Waals surface area (Å²) in [5.74, 6) is 0. The third-order valence-corrected chi connectivity index (χ3v) is 2.58. The number of benzene rings is 1. The van der Waals surface area contributed by atoms with Gasteiger partial charge in [0.15, 0.2) is 6.10 Å². The number of aromatic nitrogens is 1. The van der Waals surface area contributed by atoms with Crippen LogP contribution >= 0.6 is 0 Å². The summed E-state index contributed by atoms with van der Waals surface area (Å²) in [7, 11) is 1.51. The van der Waals surface area contributed by atoms with E-state index in [2.05, 4.69) is 0 Å². The molecule has 1 atom stereocenters. The molecule has 0 aliphatic carbocycles. The summed E-state index contributed by atoms with van der Waals surface area (Å²) < 4.78 is 38.5. The number of rotatable bonds is 1. The van der Waals surface area contributed by atoms with Crippen LogP contribution in [0, 0.1) is 0 Å². The van der Waals surface area contributed by atoms with Crippen LogP contribution in [0.4, 0.5) is 13.2 Å². The van der Waals surface area contributed by atoms with E-state index in [0.29, 0.717) is 10.9 Å². The van der Waals surface area contributed by atoms with E-state index in [1.807, 2.05) is 0 Å². The van der Waals surface area contributed by atoms with Gasteiger partial charge in [0.1, 0.15) is 0 Å². The second-order valence-corrected chi connectivity index (χ2v) is 3.63. The van der Waals surface area contributed by atoms with Crippen molar-refractivity contribution in [3.8, 4) is 0 Å². The lowest BCUT2D eigenvalue weighted by atomic mass is 10.2. The summed E-state index contributed by atoms with van der Waals surface area (Å²) in [6.07, 6.45) is -7.08. The third-order valence-electron chi connectivity index (χ3n) is 2.58. The van der Waals surface area contributed by atoms with Gasteiger partial charge in [0.05, 0.1) is 5.69 Å². The standard InChI is InChI=1S/C11H10F3NO/c1-15-8-5-3-2-4-7(8)6-9(15)10(16)11(12,13)14/h2-6,10,16H,1H3/t10-/m0/s1. The highest BCUT2D eigenvalue weighted by molar-refractivity contribution is 5.81. The lowest BCUT2D eigenvalue weighted by Crippen LogP contribution is -2.22. The van der Waals surface area contributed by atoms with Crippen LogP contribution in [0.3, 0.4) is 0 Å². The fourth-order valence-corrected chi connectivity index (χ4v) is 1.74. The van der Waals surface area contributed by atoms with Crippen LogP contribution in [-0.2, 0) is 7.05 Å². The first-order chi connectivity index (χ1) is 7.41. The Morgan fingerprint density at radius 1 is 1.25 bits per heavy atom. The van der Waals surface area contributed by atoms with Crippen LogP contribution in [0.1, 0.15) is 11.8 Å². The summed E-state index contributed by atoms with van der Waals surface area (Å²) >= 11 is 0. The van der Waals surface area contributed by atoms with Crippen LogP contribution < -0.4 is 0 Å². The lowest BCUT2D eigenvalue weighted by molar-refractivity contribution is -0.208. The molecule has 2 rings (SSSR count). The van der Waals surface area contributed by atoms with Gasteiger partial charge >= 0.3 is 6.18 Å². The number of aliphatic hydroxyl groups excluding tert-OH is 1. The normalized spacial score (nSPS) is 14.3. The SMILES string of the molecule is Cn1c([C@H](O)C(F)(F)F)cc2ccccc21. The van der Waals surface area contributed by atoms with Crippen molar-refractivity contribution in [2.45, 2.75) is 12.3 Å². The topological polar surface area (TPSA) is 25.2 Å². The van der Waals surface area contributed by atoms with Gasteiger partial charge in [-0.2, -0.15) is 13.2 Å². The van der Waals surface area contributed by atoms with E-state index >= 15 is 0 Å². The number of hydrogen-bond acceptors (Lipinski definition) is 1. The Morgan fingerprint density at radius 2 is 1.88 bits per heavy atom. The molecular formula is C11H10F3NO. The van der Waals surface area contributed by atoms with Gasteiger partial charge in [-0.05, 0) is 17.5 Å². The molecule has 0 fully saturated rings. The van der Waals surface area contributed by atoms with E-state index < -0.39 is 12.3 Å². The zero-order chi connectivity index (χ0) is 11.9. The van der Waals surface area contributed by atoms with Crippen molar-refractivity contribution in [1.29, 1.82) is 0 Å². The number of halogens is 3. The van der Waals surface area contributed by atoms with E-state index in [-0.39, 0.29) is 5.69 Å². The molecule has 5 heteroatoms. The largest absolute Gasteiger partial charge is 0.420 e. The Labute approximate surface area is 89.9 Å². The van der Waals surface area contributed by atoms with E-state index in [9.17, 15) is 18.3 Å². The van der Waals surface area contributed by atoms with Gasteiger partial charge in [-0.1, -0.05) is 18.2 Å². The Morgan fingerprint density at radius 3 is 2.44 bits per heavy atom. The minimum absolute atomic E-state index is 0.145. The van der Waals surface area contributed by atoms with Crippen LogP contribution in [0.2, 0.25) is 0 Å². The second-order valence-electron chi connectivity index (χ2n) is 3.63. The number of alkyl halides is 3. The molecule has 0 saturated carbocycles. The molecule has 0 saturated heterocycles. The second kappa shape index (κ2) is 3.52. The Hall–Kier alpha value is -1.49. The van der Waals surface area contributed by atoms with E-state index in [0.717, 1.165) is 0 Å². The predicted octanol–water partition coefficient (Wildman–Crippen LogP) is 2.77. The van der Waals surface area contributed by atoms with Crippen molar-refractivity contribution in [3.05, 3.63) is 36.0 Å². The van der Waals surface area contributed by atoms with Gasteiger partial charge in [-0.25, -0.2) is 0 Å². The molecule has 1 aromatic heterocycles. The lowest BCUT2D eigenvalue weighted by Gasteiger charge is -2.15. The Kier molecular flexibility index (Phi) is 2.42. The fourth-order valence-electron chi connectivity index (χ4n) is 1.74. The molecule has 0 unspecified atom stereocenters. The van der Waals surface area contributed by atoms with Crippen molar-refractivity contribution >= 4 is 10.9 Å². The average Bonchev–Trinajstić information content (AvgIpc) is 2.54. The third kappa shape index (κ3) is 1.67. The maximum Gasteiger partial charge on any atom is 0.420 e. The molecule has 16 heavy (non-hydrogen) atoms. The van der Waals surface area contributed by atoms with Gasteiger partial charge < -0.3 is 9.67 Å². The zero-order valence-corrected chi connectivity index (χ0v) is 8.49. The molecule has 1 N–H and O–H groups in total. The summed E-state index contributed by atoms with van der Waals surface area (Å²) in [6.45, 7) is 0. The monoisotopic (exact) mass is 229 g/mol. The number of aryl methyl sites for hydroxylation is 1. The molecule has 0 spiro atoms. The Bertz CT molecular complexity index is 515. The van der Waals surface area contributed by atoms with Crippen molar-refractivity contribution in [2.24, 2.45) is 7.05 Å². The summed E-state index contributed by atoms with van der Waals surface area (Å²) in [6, 6.07) is 8.26. The van der Waals surface area contributed by atoms with Gasteiger partial charge in [0, 0.05) is 12.6 Å². The maximum absolute atomic E-state index is 12.4. The van der Waals surface area contributed by atoms with Gasteiger partial charge in [-0.3, -0.25) is 0 Å². The van der Waals surface area contributed by atoms with Crippen LogP contribution in [0.25, 0.3) is 10.9 Å². The number of aliphatic hydroxyl groups is 1. The molecule has 0 aliphatic heterocycles. The summed E-state index contributed by atoms with van der Waals surface area (Å²) in [5.41, 5.74) is 0.523. The van der Waals surface area contributed by atoms with Crippen LogP contribution in [-0.4, -0.2) is 15.8 Å². The van der Waals surface area contributed by atoms with E-state index in [4.69, 9.17) is 0 Å². The highest BCUT2D eigenvalue weighted by atomic mass is 19.4. The molecule has 1 heterocycles. The first-order valence-corrected chi connectivity index (χ1v) is 4.70. The molecule has 86 valence electrons. The molecule has 1 aromatic carbocycles. The highest BCUT2D eigenvalue weighted by Crippen LogP contribution is 2.34.